The number of halogens is 2. The van der Waals surface area contributed by atoms with Crippen molar-refractivity contribution in [3.8, 4) is 11.6 Å². The van der Waals surface area contributed by atoms with Crippen LogP contribution in [-0.2, 0) is 5.33 Å². The molecule has 2 aromatic rings. The maximum atomic E-state index is 5.60. The van der Waals surface area contributed by atoms with Crippen LogP contribution in [-0.4, -0.2) is 4.98 Å². The molecule has 0 aliphatic carbocycles. The van der Waals surface area contributed by atoms with Crippen molar-refractivity contribution in [3.05, 3.63) is 51.7 Å². The molecule has 0 atom stereocenters. The predicted molar refractivity (Wildman–Crippen MR) is 76.1 cm³/mol. The SMILES string of the molecule is BrCc1ccc(Oc2ccc(I)cc2)nc1. The Morgan fingerprint density at radius 1 is 1.12 bits per heavy atom. The zero-order valence-electron chi connectivity index (χ0n) is 8.36. The number of hydrogen-bond donors (Lipinski definition) is 0. The van der Waals surface area contributed by atoms with Crippen LogP contribution in [0.25, 0.3) is 0 Å². The first-order chi connectivity index (χ1) is 7.78. The van der Waals surface area contributed by atoms with Gasteiger partial charge in [0.25, 0.3) is 0 Å². The Morgan fingerprint density at radius 2 is 1.88 bits per heavy atom. The van der Waals surface area contributed by atoms with Gasteiger partial charge in [0.1, 0.15) is 5.75 Å². The molecule has 0 unspecified atom stereocenters. The summed E-state index contributed by atoms with van der Waals surface area (Å²) in [5.74, 6) is 1.42. The molecule has 1 aromatic heterocycles. The van der Waals surface area contributed by atoms with Crippen LogP contribution in [0.1, 0.15) is 5.56 Å². The van der Waals surface area contributed by atoms with Crippen LogP contribution in [0.4, 0.5) is 0 Å². The van der Waals surface area contributed by atoms with Crippen LogP contribution < -0.4 is 4.74 Å². The molecule has 0 aliphatic heterocycles. The smallest absolute Gasteiger partial charge is 0.219 e. The molecule has 2 rings (SSSR count). The van der Waals surface area contributed by atoms with Crippen molar-refractivity contribution in [2.45, 2.75) is 5.33 Å². The molecule has 1 heterocycles. The van der Waals surface area contributed by atoms with E-state index in [1.165, 1.54) is 3.57 Å². The molecular weight excluding hydrogens is 381 g/mol. The second-order valence-electron chi connectivity index (χ2n) is 3.19. The van der Waals surface area contributed by atoms with E-state index in [0.29, 0.717) is 5.88 Å². The number of ether oxygens (including phenoxy) is 1. The van der Waals surface area contributed by atoms with Gasteiger partial charge in [-0.1, -0.05) is 22.0 Å². The second kappa shape index (κ2) is 5.63. The summed E-state index contributed by atoms with van der Waals surface area (Å²) in [7, 11) is 0. The molecule has 0 fully saturated rings. The van der Waals surface area contributed by atoms with Gasteiger partial charge in [-0.3, -0.25) is 0 Å². The van der Waals surface area contributed by atoms with Crippen molar-refractivity contribution in [3.63, 3.8) is 0 Å². The average Bonchev–Trinajstić information content (AvgIpc) is 2.33. The van der Waals surface area contributed by atoms with E-state index in [-0.39, 0.29) is 0 Å². The predicted octanol–water partition coefficient (Wildman–Crippen LogP) is 4.37. The lowest BCUT2D eigenvalue weighted by molar-refractivity contribution is 0.462. The molecule has 2 nitrogen and oxygen atoms in total. The number of benzene rings is 1. The maximum Gasteiger partial charge on any atom is 0.219 e. The van der Waals surface area contributed by atoms with Gasteiger partial charge < -0.3 is 4.74 Å². The molecule has 0 radical (unpaired) electrons. The van der Waals surface area contributed by atoms with E-state index in [9.17, 15) is 0 Å². The van der Waals surface area contributed by atoms with E-state index in [1.54, 1.807) is 6.20 Å². The molecule has 0 saturated carbocycles. The molecule has 4 heteroatoms. The largest absolute Gasteiger partial charge is 0.439 e. The Labute approximate surface area is 116 Å². The summed E-state index contributed by atoms with van der Waals surface area (Å²) in [6.07, 6.45) is 1.80. The van der Waals surface area contributed by atoms with Crippen LogP contribution in [0.15, 0.2) is 42.6 Å². The highest BCUT2D eigenvalue weighted by molar-refractivity contribution is 14.1. The second-order valence-corrected chi connectivity index (χ2v) is 5.00. The maximum absolute atomic E-state index is 5.60. The van der Waals surface area contributed by atoms with Crippen molar-refractivity contribution < 1.29 is 4.74 Å². The Balaban J connectivity index is 2.11. The lowest BCUT2D eigenvalue weighted by atomic mass is 10.3. The monoisotopic (exact) mass is 389 g/mol. The van der Waals surface area contributed by atoms with Crippen LogP contribution >= 0.6 is 38.5 Å². The van der Waals surface area contributed by atoms with E-state index in [4.69, 9.17) is 4.74 Å². The van der Waals surface area contributed by atoms with Gasteiger partial charge in [-0.2, -0.15) is 0 Å². The Bertz CT molecular complexity index is 455. The standard InChI is InChI=1S/C12H9BrINO/c13-7-9-1-6-12(15-8-9)16-11-4-2-10(14)3-5-11/h1-6,8H,7H2. The molecular formula is C12H9BrINO. The minimum atomic E-state index is 0.617. The summed E-state index contributed by atoms with van der Waals surface area (Å²) < 4.78 is 6.79. The summed E-state index contributed by atoms with van der Waals surface area (Å²) in [6, 6.07) is 11.7. The minimum Gasteiger partial charge on any atom is -0.439 e. The van der Waals surface area contributed by atoms with Gasteiger partial charge in [0.15, 0.2) is 0 Å². The van der Waals surface area contributed by atoms with E-state index < -0.39 is 0 Å². The third-order valence-corrected chi connectivity index (χ3v) is 3.35. The summed E-state index contributed by atoms with van der Waals surface area (Å²) in [5, 5.41) is 0.809. The molecule has 1 aromatic carbocycles. The third kappa shape index (κ3) is 3.18. The Hall–Kier alpha value is -0.620. The lowest BCUT2D eigenvalue weighted by Gasteiger charge is -2.04. The molecule has 0 aliphatic rings. The molecule has 82 valence electrons. The normalized spacial score (nSPS) is 10.1. The number of aromatic nitrogens is 1. The van der Waals surface area contributed by atoms with Crippen molar-refractivity contribution in [2.24, 2.45) is 0 Å². The van der Waals surface area contributed by atoms with Gasteiger partial charge in [-0.05, 0) is 52.4 Å². The molecule has 0 amide bonds. The highest BCUT2D eigenvalue weighted by Gasteiger charge is 1.98. The van der Waals surface area contributed by atoms with Gasteiger partial charge in [0.05, 0.1) is 0 Å². The molecule has 0 bridgehead atoms. The average molecular weight is 390 g/mol. The molecule has 0 saturated heterocycles. The van der Waals surface area contributed by atoms with Crippen LogP contribution in [0.5, 0.6) is 11.6 Å². The van der Waals surface area contributed by atoms with E-state index in [0.717, 1.165) is 16.6 Å². The van der Waals surface area contributed by atoms with E-state index in [2.05, 4.69) is 43.5 Å². The molecule has 0 N–H and O–H groups in total. The quantitative estimate of drug-likeness (QED) is 0.574. The summed E-state index contributed by atoms with van der Waals surface area (Å²) in [4.78, 5) is 4.21. The highest BCUT2D eigenvalue weighted by atomic mass is 127. The third-order valence-electron chi connectivity index (χ3n) is 1.99. The lowest BCUT2D eigenvalue weighted by Crippen LogP contribution is -1.88. The van der Waals surface area contributed by atoms with E-state index >= 15 is 0 Å². The number of pyridine rings is 1. The van der Waals surface area contributed by atoms with Gasteiger partial charge in [0, 0.05) is 21.2 Å². The first kappa shape index (κ1) is 11.9. The summed E-state index contributed by atoms with van der Waals surface area (Å²) >= 11 is 5.64. The summed E-state index contributed by atoms with van der Waals surface area (Å²) in [5.41, 5.74) is 1.13. The minimum absolute atomic E-state index is 0.617. The fourth-order valence-corrected chi connectivity index (χ4v) is 1.87. The van der Waals surface area contributed by atoms with Crippen LogP contribution in [0.2, 0.25) is 0 Å². The van der Waals surface area contributed by atoms with Crippen molar-refractivity contribution in [1.82, 2.24) is 4.98 Å². The number of nitrogens with zero attached hydrogens (tertiary/aromatic N) is 1. The van der Waals surface area contributed by atoms with Crippen molar-refractivity contribution in [1.29, 1.82) is 0 Å². The van der Waals surface area contributed by atoms with E-state index in [1.807, 2.05) is 36.4 Å². The van der Waals surface area contributed by atoms with Gasteiger partial charge in [-0.15, -0.1) is 0 Å². The fourth-order valence-electron chi connectivity index (χ4n) is 1.17. The number of hydrogen-bond acceptors (Lipinski definition) is 2. The van der Waals surface area contributed by atoms with Crippen LogP contribution in [0, 0.1) is 3.57 Å². The Kier molecular flexibility index (Phi) is 4.17. The zero-order chi connectivity index (χ0) is 11.4. The van der Waals surface area contributed by atoms with Gasteiger partial charge in [-0.25, -0.2) is 4.98 Å². The topological polar surface area (TPSA) is 22.1 Å². The van der Waals surface area contributed by atoms with Gasteiger partial charge >= 0.3 is 0 Å². The number of alkyl halides is 1. The van der Waals surface area contributed by atoms with Gasteiger partial charge in [0.2, 0.25) is 5.88 Å². The van der Waals surface area contributed by atoms with Crippen molar-refractivity contribution in [2.75, 3.05) is 0 Å². The van der Waals surface area contributed by atoms with Crippen molar-refractivity contribution >= 4 is 38.5 Å². The Morgan fingerprint density at radius 3 is 2.44 bits per heavy atom. The fraction of sp³-hybridized carbons (Fsp3) is 0.0833. The summed E-state index contributed by atoms with van der Waals surface area (Å²) in [6.45, 7) is 0. The highest BCUT2D eigenvalue weighted by Crippen LogP contribution is 2.20. The number of rotatable bonds is 3. The first-order valence-electron chi connectivity index (χ1n) is 4.72. The molecule has 0 spiro atoms. The van der Waals surface area contributed by atoms with Crippen LogP contribution in [0.3, 0.4) is 0 Å². The first-order valence-corrected chi connectivity index (χ1v) is 6.92. The molecule has 16 heavy (non-hydrogen) atoms. The zero-order valence-corrected chi connectivity index (χ0v) is 12.1.